The Hall–Kier alpha value is -2.21. The number of hydrogen-bond acceptors (Lipinski definition) is 4. The number of hydrogen-bond donors (Lipinski definition) is 1. The van der Waals surface area contributed by atoms with Crippen LogP contribution in [-0.4, -0.2) is 46.4 Å². The van der Waals surface area contributed by atoms with Crippen LogP contribution in [0, 0.1) is 0 Å². The highest BCUT2D eigenvalue weighted by Crippen LogP contribution is 2.18. The number of nitrogens with zero attached hydrogens (tertiary/aromatic N) is 3. The van der Waals surface area contributed by atoms with Crippen molar-refractivity contribution in [2.75, 3.05) is 20.1 Å². The van der Waals surface area contributed by atoms with E-state index in [2.05, 4.69) is 10.3 Å². The number of nitrogens with one attached hydrogen (secondary N) is 1. The minimum Gasteiger partial charge on any atom is -0.334 e. The van der Waals surface area contributed by atoms with E-state index in [1.54, 1.807) is 23.2 Å². The molecular weight excluding hydrogens is 268 g/mol. The minimum absolute atomic E-state index is 0.140. The molecule has 3 rings (SSSR count). The zero-order chi connectivity index (χ0) is 14.8. The molecule has 0 radical (unpaired) electrons. The minimum atomic E-state index is -0.305. The van der Waals surface area contributed by atoms with Crippen LogP contribution in [0.1, 0.15) is 23.2 Å². The molecule has 110 valence electrons. The lowest BCUT2D eigenvalue weighted by Gasteiger charge is -2.24. The smallest absolute Gasteiger partial charge is 0.270 e. The molecule has 1 aliphatic rings. The molecule has 6 nitrogen and oxygen atoms in total. The van der Waals surface area contributed by atoms with E-state index in [9.17, 15) is 9.59 Å². The fourth-order valence-electron chi connectivity index (χ4n) is 2.88. The number of pyridine rings is 1. The quantitative estimate of drug-likeness (QED) is 0.893. The summed E-state index contributed by atoms with van der Waals surface area (Å²) in [5, 5.41) is 3.10. The molecule has 1 saturated heterocycles. The first kappa shape index (κ1) is 13.8. The van der Waals surface area contributed by atoms with Gasteiger partial charge in [-0.15, -0.1) is 0 Å². The van der Waals surface area contributed by atoms with Crippen molar-refractivity contribution in [3.05, 3.63) is 46.5 Å². The van der Waals surface area contributed by atoms with Crippen LogP contribution in [0.3, 0.4) is 0 Å². The fraction of sp³-hybridized carbons (Fsp3) is 0.400. The number of rotatable bonds is 3. The molecule has 2 aromatic heterocycles. The molecule has 1 amide bonds. The Morgan fingerprint density at radius 1 is 1.48 bits per heavy atom. The second kappa shape index (κ2) is 5.65. The average molecular weight is 286 g/mol. The first-order valence-electron chi connectivity index (χ1n) is 7.14. The molecule has 0 saturated carbocycles. The molecular formula is C15H18N4O2. The summed E-state index contributed by atoms with van der Waals surface area (Å²) in [4.78, 5) is 31.1. The van der Waals surface area contributed by atoms with Crippen LogP contribution in [-0.2, 0) is 0 Å². The van der Waals surface area contributed by atoms with E-state index in [-0.39, 0.29) is 23.1 Å². The lowest BCUT2D eigenvalue weighted by atomic mass is 10.2. The first-order chi connectivity index (χ1) is 10.2. The van der Waals surface area contributed by atoms with Gasteiger partial charge in [-0.25, -0.2) is 4.98 Å². The van der Waals surface area contributed by atoms with Crippen molar-refractivity contribution in [1.82, 2.24) is 19.6 Å². The fourth-order valence-corrected chi connectivity index (χ4v) is 2.88. The third-order valence-electron chi connectivity index (χ3n) is 3.92. The average Bonchev–Trinajstić information content (AvgIpc) is 2.96. The van der Waals surface area contributed by atoms with Crippen molar-refractivity contribution in [3.63, 3.8) is 0 Å². The topological polar surface area (TPSA) is 66.7 Å². The third kappa shape index (κ3) is 2.42. The predicted molar refractivity (Wildman–Crippen MR) is 79.4 cm³/mol. The zero-order valence-electron chi connectivity index (χ0n) is 12.0. The maximum atomic E-state index is 12.6. The molecule has 1 fully saturated rings. The maximum absolute atomic E-state index is 12.6. The third-order valence-corrected chi connectivity index (χ3v) is 3.92. The summed E-state index contributed by atoms with van der Waals surface area (Å²) in [6, 6.07) is 5.46. The van der Waals surface area contributed by atoms with Gasteiger partial charge in [-0.05, 0) is 32.0 Å². The molecule has 1 atom stereocenters. The molecule has 3 heterocycles. The molecule has 2 aromatic rings. The summed E-state index contributed by atoms with van der Waals surface area (Å²) in [5.41, 5.74) is 0.384. The van der Waals surface area contributed by atoms with Gasteiger partial charge >= 0.3 is 0 Å². The Morgan fingerprint density at radius 3 is 3.14 bits per heavy atom. The largest absolute Gasteiger partial charge is 0.334 e. The SMILES string of the molecule is CNCC1CCCN1C(=O)c1cnc2ccccn2c1=O. The van der Waals surface area contributed by atoms with Crippen LogP contribution in [0.25, 0.3) is 5.65 Å². The van der Waals surface area contributed by atoms with Gasteiger partial charge in [0.25, 0.3) is 11.5 Å². The van der Waals surface area contributed by atoms with Gasteiger partial charge in [0.05, 0.1) is 0 Å². The Bertz CT molecular complexity index is 725. The van der Waals surface area contributed by atoms with Crippen molar-refractivity contribution in [2.45, 2.75) is 18.9 Å². The van der Waals surface area contributed by atoms with E-state index >= 15 is 0 Å². The second-order valence-corrected chi connectivity index (χ2v) is 5.26. The van der Waals surface area contributed by atoms with Crippen molar-refractivity contribution in [1.29, 1.82) is 0 Å². The number of likely N-dealkylation sites (tertiary alicyclic amines) is 1. The van der Waals surface area contributed by atoms with Crippen LogP contribution in [0.5, 0.6) is 0 Å². The Kier molecular flexibility index (Phi) is 3.70. The van der Waals surface area contributed by atoms with Crippen molar-refractivity contribution < 1.29 is 4.79 Å². The maximum Gasteiger partial charge on any atom is 0.270 e. The number of carbonyl (C=O) groups excluding carboxylic acids is 1. The molecule has 0 aromatic carbocycles. The van der Waals surface area contributed by atoms with Gasteiger partial charge in [0.2, 0.25) is 0 Å². The Balaban J connectivity index is 1.98. The molecule has 0 aliphatic carbocycles. The molecule has 1 N–H and O–H groups in total. The number of aromatic nitrogens is 2. The molecule has 0 spiro atoms. The van der Waals surface area contributed by atoms with Gasteiger partial charge in [0.15, 0.2) is 0 Å². The predicted octanol–water partition coefficient (Wildman–Crippen LogP) is 0.518. The summed E-state index contributed by atoms with van der Waals surface area (Å²) >= 11 is 0. The molecule has 0 bridgehead atoms. The van der Waals surface area contributed by atoms with E-state index in [1.165, 1.54) is 10.6 Å². The lowest BCUT2D eigenvalue weighted by Crippen LogP contribution is -2.43. The van der Waals surface area contributed by atoms with E-state index in [1.807, 2.05) is 13.1 Å². The number of carbonyl (C=O) groups is 1. The molecule has 21 heavy (non-hydrogen) atoms. The molecule has 1 aliphatic heterocycles. The normalized spacial score (nSPS) is 18.3. The van der Waals surface area contributed by atoms with E-state index in [4.69, 9.17) is 0 Å². The number of likely N-dealkylation sites (N-methyl/N-ethyl adjacent to an activating group) is 1. The highest BCUT2D eigenvalue weighted by atomic mass is 16.2. The van der Waals surface area contributed by atoms with Crippen LogP contribution in [0.4, 0.5) is 0 Å². The van der Waals surface area contributed by atoms with Crippen molar-refractivity contribution in [2.24, 2.45) is 0 Å². The molecule has 1 unspecified atom stereocenters. The van der Waals surface area contributed by atoms with Gasteiger partial charge < -0.3 is 10.2 Å². The van der Waals surface area contributed by atoms with E-state index in [0.29, 0.717) is 12.2 Å². The highest BCUT2D eigenvalue weighted by Gasteiger charge is 2.30. The number of fused-ring (bicyclic) bond motifs is 1. The van der Waals surface area contributed by atoms with E-state index < -0.39 is 0 Å². The Morgan fingerprint density at radius 2 is 2.33 bits per heavy atom. The summed E-state index contributed by atoms with van der Waals surface area (Å²) in [6.45, 7) is 1.44. The van der Waals surface area contributed by atoms with Gasteiger partial charge in [0, 0.05) is 31.5 Å². The zero-order valence-corrected chi connectivity index (χ0v) is 12.0. The van der Waals surface area contributed by atoms with Crippen LogP contribution in [0.15, 0.2) is 35.4 Å². The summed E-state index contributed by atoms with van der Waals surface area (Å²) in [6.07, 6.45) is 4.97. The van der Waals surface area contributed by atoms with E-state index in [0.717, 1.165) is 19.4 Å². The van der Waals surface area contributed by atoms with Crippen molar-refractivity contribution in [3.8, 4) is 0 Å². The summed E-state index contributed by atoms with van der Waals surface area (Å²) in [7, 11) is 1.87. The van der Waals surface area contributed by atoms with Crippen LogP contribution < -0.4 is 10.9 Å². The number of amides is 1. The van der Waals surface area contributed by atoms with Crippen LogP contribution in [0.2, 0.25) is 0 Å². The van der Waals surface area contributed by atoms with Gasteiger partial charge in [-0.3, -0.25) is 14.0 Å². The lowest BCUT2D eigenvalue weighted by molar-refractivity contribution is 0.0734. The van der Waals surface area contributed by atoms with Crippen molar-refractivity contribution >= 4 is 11.6 Å². The first-order valence-corrected chi connectivity index (χ1v) is 7.14. The Labute approximate surface area is 122 Å². The summed E-state index contributed by atoms with van der Waals surface area (Å²) in [5.74, 6) is -0.219. The molecule has 6 heteroatoms. The summed E-state index contributed by atoms with van der Waals surface area (Å²) < 4.78 is 1.41. The van der Waals surface area contributed by atoms with Gasteiger partial charge in [0.1, 0.15) is 11.2 Å². The highest BCUT2D eigenvalue weighted by molar-refractivity contribution is 5.94. The monoisotopic (exact) mass is 286 g/mol. The van der Waals surface area contributed by atoms with Crippen LogP contribution >= 0.6 is 0 Å². The second-order valence-electron chi connectivity index (χ2n) is 5.26. The van der Waals surface area contributed by atoms with Gasteiger partial charge in [-0.1, -0.05) is 6.07 Å². The van der Waals surface area contributed by atoms with Gasteiger partial charge in [-0.2, -0.15) is 0 Å². The standard InChI is InChI=1S/C15H18N4O2/c1-16-9-11-5-4-8-18(11)14(20)12-10-17-13-6-2-3-7-19(13)15(12)21/h2-3,6-7,10-11,16H,4-5,8-9H2,1H3.